The number of aromatic amines is 2. The van der Waals surface area contributed by atoms with Crippen molar-refractivity contribution in [2.45, 2.75) is 19.6 Å². The maximum Gasteiger partial charge on any atom is 0.349 e. The average Bonchev–Trinajstić information content (AvgIpc) is 2.71. The maximum atomic E-state index is 12.2. The summed E-state index contributed by atoms with van der Waals surface area (Å²) in [5, 5.41) is 17.7. The molecule has 0 amide bonds. The fourth-order valence-corrected chi connectivity index (χ4v) is 2.74. The van der Waals surface area contributed by atoms with Crippen molar-refractivity contribution in [3.63, 3.8) is 0 Å². The number of hydrogen-bond acceptors (Lipinski definition) is 7. The zero-order valence-corrected chi connectivity index (χ0v) is 15.5. The minimum Gasteiger partial charge on any atom is -0.434 e. The highest BCUT2D eigenvalue weighted by Gasteiger charge is 2.16. The van der Waals surface area contributed by atoms with Crippen molar-refractivity contribution in [1.82, 2.24) is 25.0 Å². The summed E-state index contributed by atoms with van der Waals surface area (Å²) in [6.45, 7) is -6.10. The topological polar surface area (TPSA) is 147 Å². The first-order chi connectivity index (χ1) is 16.1. The molecule has 0 aliphatic carbocycles. The Kier molecular flexibility index (Phi) is 3.74. The van der Waals surface area contributed by atoms with Gasteiger partial charge in [-0.25, -0.2) is 9.89 Å². The summed E-state index contributed by atoms with van der Waals surface area (Å²) in [6, 6.07) is 4.67. The molecule has 2 heterocycles. The van der Waals surface area contributed by atoms with E-state index in [0.29, 0.717) is 4.68 Å². The Hall–Kier alpha value is -3.42. The number of rotatable bonds is 4. The molecule has 2 aromatic heterocycles. The molecule has 1 aromatic carbocycles. The van der Waals surface area contributed by atoms with Crippen molar-refractivity contribution in [2.75, 3.05) is 0 Å². The minimum atomic E-state index is -3.05. The predicted octanol–water partition coefficient (Wildman–Crippen LogP) is 2.10. The Morgan fingerprint density at radius 1 is 1.21 bits per heavy atom. The van der Waals surface area contributed by atoms with Crippen LogP contribution >= 0.6 is 23.2 Å². The molecule has 148 valence electrons. The molecule has 0 radical (unpaired) electrons. The molecular formula is C17H12Cl2N6O4. The third-order valence-corrected chi connectivity index (χ3v) is 4.05. The van der Waals surface area contributed by atoms with E-state index in [0.717, 1.165) is 18.2 Å². The molecule has 0 saturated heterocycles. The molecule has 3 aromatic rings. The molecule has 12 heteroatoms. The number of halogens is 2. The van der Waals surface area contributed by atoms with Gasteiger partial charge in [0.2, 0.25) is 11.6 Å². The first-order valence-electron chi connectivity index (χ1n) is 10.5. The monoisotopic (exact) mass is 440 g/mol. The lowest BCUT2D eigenvalue weighted by Gasteiger charge is -2.12. The number of ether oxygens (including phenoxy) is 1. The summed E-state index contributed by atoms with van der Waals surface area (Å²) in [7, 11) is 0. The van der Waals surface area contributed by atoms with Crippen LogP contribution in [0.2, 0.25) is 10.0 Å². The molecule has 0 fully saturated rings. The summed E-state index contributed by atoms with van der Waals surface area (Å²) < 4.78 is 51.4. The zero-order chi connectivity index (χ0) is 26.3. The average molecular weight is 441 g/mol. The van der Waals surface area contributed by atoms with Gasteiger partial charge in [-0.1, -0.05) is 36.9 Å². The third kappa shape index (κ3) is 4.06. The number of nitriles is 1. The van der Waals surface area contributed by atoms with E-state index in [1.165, 1.54) is 6.07 Å². The van der Waals surface area contributed by atoms with E-state index in [4.69, 9.17) is 41.4 Å². The van der Waals surface area contributed by atoms with Crippen LogP contribution in [0.25, 0.3) is 5.69 Å². The standard InChI is InChI=1S/C17H12Cl2N6O4/c1-7(2)9-5-13(22-23-15(9)26)29-14-10(18)3-8(4-11(14)19)25-17(28)21-16(27)12(6-20)24-25/h3-5,7H,1-2H3,(H,23,26)(H,21,27,28)/i1D3,2D3. The van der Waals surface area contributed by atoms with E-state index in [-0.39, 0.29) is 21.5 Å². The molecule has 2 N–H and O–H groups in total. The number of nitrogens with one attached hydrogen (secondary N) is 2. The van der Waals surface area contributed by atoms with Gasteiger partial charge in [0.25, 0.3) is 11.1 Å². The fourth-order valence-electron chi connectivity index (χ4n) is 2.19. The summed E-state index contributed by atoms with van der Waals surface area (Å²) in [4.78, 5) is 37.7. The maximum absolute atomic E-state index is 12.2. The van der Waals surface area contributed by atoms with Crippen molar-refractivity contribution in [2.24, 2.45) is 0 Å². The van der Waals surface area contributed by atoms with Crippen LogP contribution < -0.4 is 21.5 Å². The van der Waals surface area contributed by atoms with Crippen LogP contribution in [0.3, 0.4) is 0 Å². The van der Waals surface area contributed by atoms with Crippen molar-refractivity contribution < 1.29 is 13.0 Å². The largest absolute Gasteiger partial charge is 0.434 e. The number of hydrogen-bond donors (Lipinski definition) is 2. The van der Waals surface area contributed by atoms with Gasteiger partial charge in [-0.15, -0.1) is 10.2 Å². The molecule has 3 rings (SSSR count). The Morgan fingerprint density at radius 3 is 2.52 bits per heavy atom. The summed E-state index contributed by atoms with van der Waals surface area (Å²) in [6.07, 6.45) is 0. The normalized spacial score (nSPS) is 14.7. The second-order valence-electron chi connectivity index (χ2n) is 5.40. The van der Waals surface area contributed by atoms with Gasteiger partial charge in [0.1, 0.15) is 6.07 Å². The van der Waals surface area contributed by atoms with Crippen LogP contribution in [0, 0.1) is 11.3 Å². The van der Waals surface area contributed by atoms with E-state index < -0.39 is 53.6 Å². The summed E-state index contributed by atoms with van der Waals surface area (Å²) in [5.74, 6) is -2.81. The van der Waals surface area contributed by atoms with Crippen molar-refractivity contribution in [3.8, 4) is 23.4 Å². The van der Waals surface area contributed by atoms with Crippen molar-refractivity contribution in [3.05, 3.63) is 70.7 Å². The van der Waals surface area contributed by atoms with Crippen LogP contribution in [0.4, 0.5) is 0 Å². The molecule has 0 aliphatic heterocycles. The Balaban J connectivity index is 2.07. The van der Waals surface area contributed by atoms with Crippen molar-refractivity contribution >= 4 is 23.2 Å². The second-order valence-corrected chi connectivity index (χ2v) is 6.21. The van der Waals surface area contributed by atoms with Gasteiger partial charge >= 0.3 is 5.69 Å². The Morgan fingerprint density at radius 2 is 1.90 bits per heavy atom. The molecule has 0 aliphatic rings. The van der Waals surface area contributed by atoms with E-state index in [1.807, 2.05) is 10.1 Å². The van der Waals surface area contributed by atoms with Gasteiger partial charge in [0, 0.05) is 19.9 Å². The zero-order valence-electron chi connectivity index (χ0n) is 20.0. The van der Waals surface area contributed by atoms with E-state index in [1.54, 1.807) is 0 Å². The highest BCUT2D eigenvalue weighted by atomic mass is 35.5. The molecule has 0 saturated carbocycles. The Labute approximate surface area is 180 Å². The van der Waals surface area contributed by atoms with Gasteiger partial charge < -0.3 is 4.74 Å². The highest BCUT2D eigenvalue weighted by molar-refractivity contribution is 6.37. The summed E-state index contributed by atoms with van der Waals surface area (Å²) in [5.41, 5.74) is -4.28. The quantitative estimate of drug-likeness (QED) is 0.630. The van der Waals surface area contributed by atoms with Crippen LogP contribution in [0.5, 0.6) is 11.6 Å². The Bertz CT molecular complexity index is 1480. The second kappa shape index (κ2) is 7.90. The molecule has 0 spiro atoms. The van der Waals surface area contributed by atoms with E-state index >= 15 is 0 Å². The van der Waals surface area contributed by atoms with Crippen LogP contribution in [0.1, 0.15) is 39.1 Å². The highest BCUT2D eigenvalue weighted by Crippen LogP contribution is 2.37. The molecule has 0 bridgehead atoms. The number of benzene rings is 1. The molecule has 10 nitrogen and oxygen atoms in total. The lowest BCUT2D eigenvalue weighted by molar-refractivity contribution is 0.452. The van der Waals surface area contributed by atoms with Crippen LogP contribution in [0.15, 0.2) is 32.6 Å². The van der Waals surface area contributed by atoms with E-state index in [9.17, 15) is 14.4 Å². The number of nitrogens with zero attached hydrogens (tertiary/aromatic N) is 4. The van der Waals surface area contributed by atoms with Crippen LogP contribution in [-0.4, -0.2) is 25.0 Å². The van der Waals surface area contributed by atoms with Gasteiger partial charge in [-0.05, 0) is 18.1 Å². The van der Waals surface area contributed by atoms with Gasteiger partial charge in [-0.2, -0.15) is 9.94 Å². The minimum absolute atomic E-state index is 0.0508. The van der Waals surface area contributed by atoms with Gasteiger partial charge in [-0.3, -0.25) is 14.6 Å². The van der Waals surface area contributed by atoms with Crippen molar-refractivity contribution in [1.29, 1.82) is 5.26 Å². The lowest BCUT2D eigenvalue weighted by Crippen LogP contribution is -2.33. The lowest BCUT2D eigenvalue weighted by atomic mass is 10.1. The molecule has 29 heavy (non-hydrogen) atoms. The first kappa shape index (κ1) is 13.7. The number of aromatic nitrogens is 5. The van der Waals surface area contributed by atoms with E-state index in [2.05, 4.69) is 10.2 Å². The van der Waals surface area contributed by atoms with Gasteiger partial charge in [0.15, 0.2) is 5.75 Å². The molecule has 0 unspecified atom stereocenters. The first-order valence-corrected chi connectivity index (χ1v) is 8.29. The SMILES string of the molecule is [2H]C([2H])([2H])C(c1cc(Oc2c(Cl)cc(-n3nc(C#N)c(=O)[nH]c3=O)cc2Cl)n[nH]c1=O)C([2H])([2H])[2H]. The van der Waals surface area contributed by atoms with Crippen LogP contribution in [-0.2, 0) is 0 Å². The smallest absolute Gasteiger partial charge is 0.349 e. The molecule has 0 atom stereocenters. The summed E-state index contributed by atoms with van der Waals surface area (Å²) >= 11 is 12.4. The number of H-pyrrole nitrogens is 2. The fraction of sp³-hybridized carbons (Fsp3) is 0.176. The molecular weight excluding hydrogens is 423 g/mol. The predicted molar refractivity (Wildman–Crippen MR) is 104 cm³/mol. The third-order valence-electron chi connectivity index (χ3n) is 3.49. The van der Waals surface area contributed by atoms with Gasteiger partial charge in [0.05, 0.1) is 15.7 Å².